The Bertz CT molecular complexity index is 1160. The van der Waals surface area contributed by atoms with Crippen LogP contribution in [-0.2, 0) is 20.7 Å². The predicted molar refractivity (Wildman–Crippen MR) is 157 cm³/mol. The molecule has 0 aliphatic heterocycles. The van der Waals surface area contributed by atoms with Crippen LogP contribution in [0.15, 0.2) is 42.5 Å². The van der Waals surface area contributed by atoms with Crippen molar-refractivity contribution in [3.05, 3.63) is 64.7 Å². The molecule has 0 aromatic heterocycles. The van der Waals surface area contributed by atoms with Crippen LogP contribution < -0.4 is 10.6 Å². The molecule has 2 aromatic rings. The molecule has 9 nitrogen and oxygen atoms in total. The minimum atomic E-state index is -1.10. The van der Waals surface area contributed by atoms with Gasteiger partial charge in [-0.15, -0.1) is 0 Å². The molecule has 0 saturated heterocycles. The number of alkyl carbamates (subject to hydrolysis) is 1. The van der Waals surface area contributed by atoms with E-state index < -0.39 is 29.7 Å². The van der Waals surface area contributed by atoms with Gasteiger partial charge in [-0.1, -0.05) is 49.6 Å². The largest absolute Gasteiger partial charge is 0.508 e. The van der Waals surface area contributed by atoms with E-state index in [4.69, 9.17) is 4.74 Å². The molecular formula is C32H45N3O6. The molecule has 2 atom stereocenters. The van der Waals surface area contributed by atoms with Gasteiger partial charge in [0.1, 0.15) is 23.4 Å². The number of aromatic hydroxyl groups is 1. The van der Waals surface area contributed by atoms with Crippen molar-refractivity contribution in [1.29, 1.82) is 0 Å². The molecule has 4 N–H and O–H groups in total. The summed E-state index contributed by atoms with van der Waals surface area (Å²) >= 11 is 0. The van der Waals surface area contributed by atoms with Crippen molar-refractivity contribution in [1.82, 2.24) is 15.5 Å². The van der Waals surface area contributed by atoms with Gasteiger partial charge in [-0.05, 0) is 81.8 Å². The number of aliphatic hydroxyl groups excluding tert-OH is 1. The average Bonchev–Trinajstić information content (AvgIpc) is 2.90. The van der Waals surface area contributed by atoms with Crippen LogP contribution in [0.25, 0.3) is 0 Å². The fraction of sp³-hybridized carbons (Fsp3) is 0.531. The quantitative estimate of drug-likeness (QED) is 0.336. The van der Waals surface area contributed by atoms with E-state index in [9.17, 15) is 24.6 Å². The number of ether oxygens (including phenoxy) is 1. The first kappa shape index (κ1) is 31.9. The first-order chi connectivity index (χ1) is 19.4. The van der Waals surface area contributed by atoms with E-state index >= 15 is 0 Å². The Balaban J connectivity index is 2.04. The normalized spacial score (nSPS) is 15.5. The van der Waals surface area contributed by atoms with Gasteiger partial charge in [0, 0.05) is 19.0 Å². The summed E-state index contributed by atoms with van der Waals surface area (Å²) in [5.74, 6) is -0.755. The molecule has 41 heavy (non-hydrogen) atoms. The van der Waals surface area contributed by atoms with Gasteiger partial charge in [0.15, 0.2) is 0 Å². The van der Waals surface area contributed by atoms with Crippen LogP contribution >= 0.6 is 0 Å². The fourth-order valence-corrected chi connectivity index (χ4v) is 5.41. The molecular weight excluding hydrogens is 522 g/mol. The van der Waals surface area contributed by atoms with E-state index in [1.807, 2.05) is 32.0 Å². The number of carbonyl (C=O) groups is 3. The summed E-state index contributed by atoms with van der Waals surface area (Å²) in [5, 5.41) is 25.7. The third-order valence-corrected chi connectivity index (χ3v) is 7.32. The number of phenols is 1. The van der Waals surface area contributed by atoms with Crippen LogP contribution in [0.1, 0.15) is 81.2 Å². The van der Waals surface area contributed by atoms with Crippen molar-refractivity contribution in [2.24, 2.45) is 0 Å². The van der Waals surface area contributed by atoms with Crippen LogP contribution in [0.5, 0.6) is 5.75 Å². The Morgan fingerprint density at radius 3 is 2.17 bits per heavy atom. The monoisotopic (exact) mass is 567 g/mol. The van der Waals surface area contributed by atoms with Gasteiger partial charge in [0.25, 0.3) is 0 Å². The van der Waals surface area contributed by atoms with E-state index in [0.29, 0.717) is 11.1 Å². The van der Waals surface area contributed by atoms with E-state index in [-0.39, 0.29) is 37.3 Å². The molecule has 1 aliphatic carbocycles. The molecule has 9 heteroatoms. The molecule has 0 bridgehead atoms. The van der Waals surface area contributed by atoms with Gasteiger partial charge in [0.05, 0.1) is 6.61 Å². The van der Waals surface area contributed by atoms with Crippen LogP contribution in [0.2, 0.25) is 0 Å². The predicted octanol–water partition coefficient (Wildman–Crippen LogP) is 4.46. The van der Waals surface area contributed by atoms with Crippen LogP contribution in [0.3, 0.4) is 0 Å². The lowest BCUT2D eigenvalue weighted by Gasteiger charge is -2.36. The number of phenolic OH excluding ortho intramolecular Hbond substituents is 1. The number of benzene rings is 2. The zero-order chi connectivity index (χ0) is 30.2. The van der Waals surface area contributed by atoms with Crippen LogP contribution in [-0.4, -0.2) is 63.9 Å². The minimum absolute atomic E-state index is 0.0156. The lowest BCUT2D eigenvalue weighted by molar-refractivity contribution is -0.143. The van der Waals surface area contributed by atoms with Gasteiger partial charge in [-0.2, -0.15) is 0 Å². The number of amides is 3. The second-order valence-electron chi connectivity index (χ2n) is 11.9. The first-order valence-corrected chi connectivity index (χ1v) is 14.4. The van der Waals surface area contributed by atoms with Crippen molar-refractivity contribution in [2.75, 3.05) is 13.2 Å². The lowest BCUT2D eigenvalue weighted by Crippen LogP contribution is -2.55. The summed E-state index contributed by atoms with van der Waals surface area (Å²) in [7, 11) is 0. The Morgan fingerprint density at radius 2 is 1.61 bits per heavy atom. The maximum atomic E-state index is 14.4. The molecule has 2 unspecified atom stereocenters. The van der Waals surface area contributed by atoms with E-state index in [1.54, 1.807) is 32.9 Å². The zero-order valence-electron chi connectivity index (χ0n) is 24.9. The van der Waals surface area contributed by atoms with Gasteiger partial charge in [0.2, 0.25) is 11.8 Å². The molecule has 1 fully saturated rings. The Morgan fingerprint density at radius 1 is 1.00 bits per heavy atom. The maximum Gasteiger partial charge on any atom is 0.408 e. The van der Waals surface area contributed by atoms with Gasteiger partial charge >= 0.3 is 6.09 Å². The third kappa shape index (κ3) is 9.21. The summed E-state index contributed by atoms with van der Waals surface area (Å²) < 4.78 is 5.46. The smallest absolute Gasteiger partial charge is 0.408 e. The van der Waals surface area contributed by atoms with E-state index in [1.165, 1.54) is 17.0 Å². The molecule has 0 heterocycles. The molecule has 1 saturated carbocycles. The highest BCUT2D eigenvalue weighted by atomic mass is 16.6. The standard InChI is InChI=1S/C32H45N3O6/c1-21-10-9-11-22(2)27(21)28(29(38)33-24-12-7-6-8-13-24)35(18-19-36)30(39)26(34-31(40)41-32(3,4)5)20-23-14-16-25(37)17-15-23/h9-11,14-17,24,26,28,36-37H,6-8,12-13,18-20H2,1-5H3,(H,33,38)(H,34,40). The highest BCUT2D eigenvalue weighted by Gasteiger charge is 2.38. The molecule has 0 spiro atoms. The Kier molecular flexibility index (Phi) is 11.2. The van der Waals surface area contributed by atoms with Crippen molar-refractivity contribution < 1.29 is 29.3 Å². The minimum Gasteiger partial charge on any atom is -0.508 e. The summed E-state index contributed by atoms with van der Waals surface area (Å²) in [4.78, 5) is 42.6. The lowest BCUT2D eigenvalue weighted by atomic mass is 9.91. The van der Waals surface area contributed by atoms with Gasteiger partial charge < -0.3 is 30.5 Å². The Hall–Kier alpha value is -3.59. The molecule has 0 radical (unpaired) electrons. The second-order valence-corrected chi connectivity index (χ2v) is 11.9. The number of hydrogen-bond acceptors (Lipinski definition) is 6. The number of nitrogens with one attached hydrogen (secondary N) is 2. The van der Waals surface area contributed by atoms with Crippen LogP contribution in [0, 0.1) is 13.8 Å². The fourth-order valence-electron chi connectivity index (χ4n) is 5.41. The SMILES string of the molecule is Cc1cccc(C)c1C(C(=O)NC1CCCCC1)N(CCO)C(=O)C(Cc1ccc(O)cc1)NC(=O)OC(C)(C)C. The molecule has 2 aromatic carbocycles. The second kappa shape index (κ2) is 14.3. The number of carbonyl (C=O) groups excluding carboxylic acids is 3. The number of rotatable bonds is 10. The number of nitrogens with zero attached hydrogens (tertiary/aromatic N) is 1. The zero-order valence-corrected chi connectivity index (χ0v) is 24.9. The van der Waals surface area contributed by atoms with Crippen molar-refractivity contribution >= 4 is 17.9 Å². The summed E-state index contributed by atoms with van der Waals surface area (Å²) in [5.41, 5.74) is 2.29. The average molecular weight is 568 g/mol. The highest BCUT2D eigenvalue weighted by molar-refractivity contribution is 5.93. The summed E-state index contributed by atoms with van der Waals surface area (Å²) in [6.45, 7) is 8.51. The highest BCUT2D eigenvalue weighted by Crippen LogP contribution is 2.30. The molecule has 1 aliphatic rings. The summed E-state index contributed by atoms with van der Waals surface area (Å²) in [6, 6.07) is 9.95. The van der Waals surface area contributed by atoms with Crippen LogP contribution in [0.4, 0.5) is 4.79 Å². The maximum absolute atomic E-state index is 14.4. The molecule has 224 valence electrons. The van der Waals surface area contributed by atoms with Crippen molar-refractivity contribution in [3.8, 4) is 5.75 Å². The van der Waals surface area contributed by atoms with Crippen molar-refractivity contribution in [2.45, 2.75) is 96.9 Å². The number of hydrogen-bond donors (Lipinski definition) is 4. The molecule has 3 rings (SSSR count). The molecule has 3 amide bonds. The number of aryl methyl sites for hydroxylation is 2. The van der Waals surface area contributed by atoms with Gasteiger partial charge in [-0.25, -0.2) is 4.79 Å². The Labute approximate surface area is 243 Å². The first-order valence-electron chi connectivity index (χ1n) is 14.4. The van der Waals surface area contributed by atoms with E-state index in [0.717, 1.165) is 43.2 Å². The topological polar surface area (TPSA) is 128 Å². The van der Waals surface area contributed by atoms with Gasteiger partial charge in [-0.3, -0.25) is 9.59 Å². The number of aliphatic hydroxyl groups is 1. The third-order valence-electron chi connectivity index (χ3n) is 7.32. The summed E-state index contributed by atoms with van der Waals surface area (Å²) in [6.07, 6.45) is 4.28. The van der Waals surface area contributed by atoms with E-state index in [2.05, 4.69) is 10.6 Å². The van der Waals surface area contributed by atoms with Crippen molar-refractivity contribution in [3.63, 3.8) is 0 Å².